The summed E-state index contributed by atoms with van der Waals surface area (Å²) in [5.74, 6) is 0.183. The smallest absolute Gasteiger partial charge is 0.146 e. The van der Waals surface area contributed by atoms with E-state index in [0.29, 0.717) is 18.2 Å². The van der Waals surface area contributed by atoms with Crippen molar-refractivity contribution in [1.29, 1.82) is 0 Å². The van der Waals surface area contributed by atoms with Gasteiger partial charge in [0, 0.05) is 7.11 Å². The molecule has 0 aliphatic carbocycles. The number of aryl methyl sites for hydroxylation is 1. The van der Waals surface area contributed by atoms with Crippen LogP contribution in [-0.4, -0.2) is 19.8 Å². The van der Waals surface area contributed by atoms with Crippen molar-refractivity contribution in [3.63, 3.8) is 0 Å². The fraction of sp³-hybridized carbons (Fsp3) is 0.538. The van der Waals surface area contributed by atoms with Gasteiger partial charge >= 0.3 is 0 Å². The van der Waals surface area contributed by atoms with Crippen molar-refractivity contribution in [2.75, 3.05) is 19.0 Å². The van der Waals surface area contributed by atoms with Crippen LogP contribution in [0.15, 0.2) is 18.2 Å². The summed E-state index contributed by atoms with van der Waals surface area (Å²) in [6, 6.07) is 5.33. The summed E-state index contributed by atoms with van der Waals surface area (Å²) in [7, 11) is 1.66. The number of halogens is 1. The van der Waals surface area contributed by atoms with Crippen molar-refractivity contribution in [3.05, 3.63) is 29.6 Å². The van der Waals surface area contributed by atoms with Crippen LogP contribution >= 0.6 is 0 Å². The van der Waals surface area contributed by atoms with Gasteiger partial charge in [-0.3, -0.25) is 0 Å². The van der Waals surface area contributed by atoms with Crippen LogP contribution in [0, 0.1) is 18.7 Å². The Morgan fingerprint density at radius 3 is 2.56 bits per heavy atom. The number of nitrogens with one attached hydrogen (secondary N) is 1. The van der Waals surface area contributed by atoms with Crippen molar-refractivity contribution in [2.24, 2.45) is 5.92 Å². The monoisotopic (exact) mass is 225 g/mol. The highest BCUT2D eigenvalue weighted by atomic mass is 19.1. The third-order valence-electron chi connectivity index (χ3n) is 2.62. The molecule has 1 aromatic carbocycles. The zero-order valence-corrected chi connectivity index (χ0v) is 10.4. The summed E-state index contributed by atoms with van der Waals surface area (Å²) in [6.07, 6.45) is 0. The Labute approximate surface area is 96.8 Å². The molecule has 0 aliphatic heterocycles. The lowest BCUT2D eigenvalue weighted by molar-refractivity contribution is 0.171. The maximum absolute atomic E-state index is 13.6. The lowest BCUT2D eigenvalue weighted by atomic mass is 10.0. The molecule has 1 aromatic rings. The van der Waals surface area contributed by atoms with E-state index < -0.39 is 0 Å². The lowest BCUT2D eigenvalue weighted by Gasteiger charge is -2.23. The first kappa shape index (κ1) is 13.0. The average Bonchev–Trinajstić information content (AvgIpc) is 2.20. The molecule has 0 spiro atoms. The standard InChI is InChI=1S/C13H20FNO/c1-9(2)13(8-16-4)15-12-6-5-10(3)7-11(12)14/h5-7,9,13,15H,8H2,1-4H3. The Hall–Kier alpha value is -1.09. The van der Waals surface area contributed by atoms with Crippen LogP contribution in [0.4, 0.5) is 10.1 Å². The first-order valence-corrected chi connectivity index (χ1v) is 5.56. The molecule has 1 unspecified atom stereocenters. The molecule has 0 heterocycles. The second-order valence-electron chi connectivity index (χ2n) is 4.43. The molecule has 0 aromatic heterocycles. The molecule has 0 amide bonds. The topological polar surface area (TPSA) is 21.3 Å². The Balaban J connectivity index is 2.77. The van der Waals surface area contributed by atoms with Crippen LogP contribution in [0.5, 0.6) is 0 Å². The fourth-order valence-corrected chi connectivity index (χ4v) is 1.52. The molecule has 90 valence electrons. The van der Waals surface area contributed by atoms with Gasteiger partial charge in [-0.2, -0.15) is 0 Å². The predicted octanol–water partition coefficient (Wildman–Crippen LogP) is 3.22. The van der Waals surface area contributed by atoms with E-state index in [2.05, 4.69) is 19.2 Å². The van der Waals surface area contributed by atoms with E-state index in [1.54, 1.807) is 13.2 Å². The number of benzene rings is 1. The summed E-state index contributed by atoms with van der Waals surface area (Å²) < 4.78 is 18.7. The van der Waals surface area contributed by atoms with Gasteiger partial charge in [0.2, 0.25) is 0 Å². The Kier molecular flexibility index (Phi) is 4.74. The van der Waals surface area contributed by atoms with Gasteiger partial charge in [0.1, 0.15) is 5.82 Å². The predicted molar refractivity (Wildman–Crippen MR) is 65.3 cm³/mol. The molecule has 1 N–H and O–H groups in total. The number of anilines is 1. The molecule has 2 nitrogen and oxygen atoms in total. The number of ether oxygens (including phenoxy) is 1. The first-order valence-electron chi connectivity index (χ1n) is 5.56. The Bertz CT molecular complexity index is 339. The van der Waals surface area contributed by atoms with Gasteiger partial charge in [0.05, 0.1) is 18.3 Å². The lowest BCUT2D eigenvalue weighted by Crippen LogP contribution is -2.30. The molecular weight excluding hydrogens is 205 g/mol. The van der Waals surface area contributed by atoms with Crippen molar-refractivity contribution in [3.8, 4) is 0 Å². The van der Waals surface area contributed by atoms with Crippen molar-refractivity contribution in [2.45, 2.75) is 26.8 Å². The maximum Gasteiger partial charge on any atom is 0.146 e. The molecule has 1 atom stereocenters. The second-order valence-corrected chi connectivity index (χ2v) is 4.43. The summed E-state index contributed by atoms with van der Waals surface area (Å²) in [6.45, 7) is 6.62. The second kappa shape index (κ2) is 5.85. The molecule has 0 aliphatic rings. The van der Waals surface area contributed by atoms with Crippen LogP contribution in [0.1, 0.15) is 19.4 Å². The average molecular weight is 225 g/mol. The number of methoxy groups -OCH3 is 1. The normalized spacial score (nSPS) is 12.9. The van der Waals surface area contributed by atoms with Gasteiger partial charge in [-0.15, -0.1) is 0 Å². The van der Waals surface area contributed by atoms with Crippen molar-refractivity contribution < 1.29 is 9.13 Å². The van der Waals surface area contributed by atoms with E-state index >= 15 is 0 Å². The molecule has 0 radical (unpaired) electrons. The number of hydrogen-bond acceptors (Lipinski definition) is 2. The molecule has 0 saturated carbocycles. The third kappa shape index (κ3) is 3.49. The number of hydrogen-bond donors (Lipinski definition) is 1. The van der Waals surface area contributed by atoms with Gasteiger partial charge in [-0.25, -0.2) is 4.39 Å². The summed E-state index contributed by atoms with van der Waals surface area (Å²) in [5.41, 5.74) is 1.47. The Morgan fingerprint density at radius 1 is 1.38 bits per heavy atom. The zero-order chi connectivity index (χ0) is 12.1. The SMILES string of the molecule is COCC(Nc1ccc(C)cc1F)C(C)C. The van der Waals surface area contributed by atoms with E-state index in [9.17, 15) is 4.39 Å². The minimum atomic E-state index is -0.207. The van der Waals surface area contributed by atoms with Gasteiger partial charge < -0.3 is 10.1 Å². The van der Waals surface area contributed by atoms with E-state index in [4.69, 9.17) is 4.74 Å². The van der Waals surface area contributed by atoms with Gasteiger partial charge in [-0.05, 0) is 30.5 Å². The van der Waals surface area contributed by atoms with Crippen LogP contribution < -0.4 is 5.32 Å². The highest BCUT2D eigenvalue weighted by Crippen LogP contribution is 2.18. The molecule has 0 fully saturated rings. The molecular formula is C13H20FNO. The minimum Gasteiger partial charge on any atom is -0.383 e. The largest absolute Gasteiger partial charge is 0.383 e. The van der Waals surface area contributed by atoms with Gasteiger partial charge in [-0.1, -0.05) is 19.9 Å². The highest BCUT2D eigenvalue weighted by Gasteiger charge is 2.14. The molecule has 1 rings (SSSR count). The van der Waals surface area contributed by atoms with E-state index in [-0.39, 0.29) is 11.9 Å². The van der Waals surface area contributed by atoms with Gasteiger partial charge in [0.15, 0.2) is 0 Å². The maximum atomic E-state index is 13.6. The van der Waals surface area contributed by atoms with Crippen LogP contribution in [-0.2, 0) is 4.74 Å². The summed E-state index contributed by atoms with van der Waals surface area (Å²) in [5, 5.41) is 3.17. The van der Waals surface area contributed by atoms with E-state index in [1.807, 2.05) is 13.0 Å². The van der Waals surface area contributed by atoms with Crippen LogP contribution in [0.2, 0.25) is 0 Å². The molecule has 0 saturated heterocycles. The highest BCUT2D eigenvalue weighted by molar-refractivity contribution is 5.47. The van der Waals surface area contributed by atoms with E-state index in [0.717, 1.165) is 5.56 Å². The fourth-order valence-electron chi connectivity index (χ4n) is 1.52. The van der Waals surface area contributed by atoms with Crippen molar-refractivity contribution >= 4 is 5.69 Å². The third-order valence-corrected chi connectivity index (χ3v) is 2.62. The van der Waals surface area contributed by atoms with E-state index in [1.165, 1.54) is 6.07 Å². The van der Waals surface area contributed by atoms with Crippen LogP contribution in [0.3, 0.4) is 0 Å². The molecule has 3 heteroatoms. The quantitative estimate of drug-likeness (QED) is 0.830. The van der Waals surface area contributed by atoms with Crippen LogP contribution in [0.25, 0.3) is 0 Å². The zero-order valence-electron chi connectivity index (χ0n) is 10.4. The number of rotatable bonds is 5. The molecule has 16 heavy (non-hydrogen) atoms. The Morgan fingerprint density at radius 2 is 2.06 bits per heavy atom. The van der Waals surface area contributed by atoms with Gasteiger partial charge in [0.25, 0.3) is 0 Å². The van der Waals surface area contributed by atoms with Crippen molar-refractivity contribution in [1.82, 2.24) is 0 Å². The first-order chi connectivity index (χ1) is 7.54. The summed E-state index contributed by atoms with van der Waals surface area (Å²) in [4.78, 5) is 0. The minimum absolute atomic E-state index is 0.127. The summed E-state index contributed by atoms with van der Waals surface area (Å²) >= 11 is 0. The molecule has 0 bridgehead atoms.